The van der Waals surface area contributed by atoms with E-state index in [0.29, 0.717) is 18.5 Å². The predicted molar refractivity (Wildman–Crippen MR) is 79.1 cm³/mol. The number of nitrogens with one attached hydrogen (secondary N) is 2. The van der Waals surface area contributed by atoms with Gasteiger partial charge in [0.05, 0.1) is 0 Å². The van der Waals surface area contributed by atoms with Crippen LogP contribution in [0.1, 0.15) is 38.2 Å². The number of carbonyl (C=O) groups excluding carboxylic acids is 2. The van der Waals surface area contributed by atoms with Crippen molar-refractivity contribution in [2.45, 2.75) is 39.0 Å². The van der Waals surface area contributed by atoms with E-state index in [2.05, 4.69) is 10.6 Å². The van der Waals surface area contributed by atoms with Crippen LogP contribution in [-0.4, -0.2) is 23.0 Å². The van der Waals surface area contributed by atoms with Crippen molar-refractivity contribution in [2.75, 3.05) is 5.32 Å². The number of rotatable bonds is 7. The molecule has 0 aromatic heterocycles. The number of aryl methyl sites for hydroxylation is 1. The van der Waals surface area contributed by atoms with Crippen molar-refractivity contribution >= 4 is 23.6 Å². The average Bonchev–Trinajstić information content (AvgIpc) is 2.44. The minimum Gasteiger partial charge on any atom is -0.481 e. The zero-order valence-electron chi connectivity index (χ0n) is 12.0. The van der Waals surface area contributed by atoms with E-state index < -0.39 is 17.9 Å². The van der Waals surface area contributed by atoms with Crippen LogP contribution in [0.5, 0.6) is 0 Å². The number of unbranched alkanes of at least 4 members (excludes halogenated alkanes) is 1. The van der Waals surface area contributed by atoms with Gasteiger partial charge in [-0.25, -0.2) is 4.79 Å². The predicted octanol–water partition coefficient (Wildman–Crippen LogP) is 2.54. The Morgan fingerprint density at radius 1 is 1.05 bits per heavy atom. The third-order valence-corrected chi connectivity index (χ3v) is 2.92. The Balaban J connectivity index is 2.28. The maximum atomic E-state index is 11.6. The molecule has 3 amide bonds. The summed E-state index contributed by atoms with van der Waals surface area (Å²) in [4.78, 5) is 33.4. The fourth-order valence-electron chi connectivity index (χ4n) is 1.74. The molecule has 0 radical (unpaired) electrons. The molecule has 6 nitrogen and oxygen atoms in total. The van der Waals surface area contributed by atoms with Crippen LogP contribution in [0.3, 0.4) is 0 Å². The van der Waals surface area contributed by atoms with Crippen molar-refractivity contribution in [3.8, 4) is 0 Å². The Bertz CT molecular complexity index is 497. The normalized spacial score (nSPS) is 9.95. The minimum absolute atomic E-state index is 0.0310. The highest BCUT2D eigenvalue weighted by atomic mass is 16.4. The monoisotopic (exact) mass is 292 g/mol. The molecule has 0 bridgehead atoms. The molecule has 0 unspecified atom stereocenters. The number of carbonyl (C=O) groups is 3. The minimum atomic E-state index is -0.885. The second-order valence-corrected chi connectivity index (χ2v) is 4.65. The number of amides is 3. The van der Waals surface area contributed by atoms with E-state index in [0.717, 1.165) is 12.0 Å². The third kappa shape index (κ3) is 7.10. The molecule has 114 valence electrons. The summed E-state index contributed by atoms with van der Waals surface area (Å²) >= 11 is 0. The van der Waals surface area contributed by atoms with Gasteiger partial charge in [-0.15, -0.1) is 0 Å². The second kappa shape index (κ2) is 8.73. The zero-order chi connectivity index (χ0) is 15.7. The molecular formula is C15H20N2O4. The van der Waals surface area contributed by atoms with Crippen LogP contribution in [0.4, 0.5) is 10.5 Å². The number of hydrogen-bond donors (Lipinski definition) is 3. The molecule has 21 heavy (non-hydrogen) atoms. The van der Waals surface area contributed by atoms with E-state index in [1.165, 1.54) is 0 Å². The van der Waals surface area contributed by atoms with Crippen LogP contribution in [0.2, 0.25) is 0 Å². The summed E-state index contributed by atoms with van der Waals surface area (Å²) in [6.45, 7) is 2.04. The fourth-order valence-corrected chi connectivity index (χ4v) is 1.74. The highest BCUT2D eigenvalue weighted by molar-refractivity contribution is 6.01. The van der Waals surface area contributed by atoms with Gasteiger partial charge < -0.3 is 10.4 Å². The van der Waals surface area contributed by atoms with Crippen molar-refractivity contribution in [1.82, 2.24) is 5.32 Å². The van der Waals surface area contributed by atoms with Crippen LogP contribution >= 0.6 is 0 Å². The molecule has 3 N–H and O–H groups in total. The molecule has 1 aromatic rings. The summed E-state index contributed by atoms with van der Waals surface area (Å²) in [6, 6.07) is 6.78. The van der Waals surface area contributed by atoms with Crippen molar-refractivity contribution in [3.63, 3.8) is 0 Å². The van der Waals surface area contributed by atoms with Crippen molar-refractivity contribution in [1.29, 1.82) is 0 Å². The second-order valence-electron chi connectivity index (χ2n) is 4.65. The molecule has 6 heteroatoms. The van der Waals surface area contributed by atoms with Crippen molar-refractivity contribution in [3.05, 3.63) is 29.8 Å². The summed E-state index contributed by atoms with van der Waals surface area (Å²) in [5.74, 6) is -1.30. The Labute approximate surface area is 123 Å². The van der Waals surface area contributed by atoms with E-state index in [-0.39, 0.29) is 12.8 Å². The lowest BCUT2D eigenvalue weighted by Crippen LogP contribution is -2.34. The maximum absolute atomic E-state index is 11.6. The van der Waals surface area contributed by atoms with Crippen LogP contribution < -0.4 is 10.6 Å². The first-order valence-electron chi connectivity index (χ1n) is 6.93. The summed E-state index contributed by atoms with van der Waals surface area (Å²) in [7, 11) is 0. The molecule has 0 atom stereocenters. The zero-order valence-corrected chi connectivity index (χ0v) is 12.0. The lowest BCUT2D eigenvalue weighted by Gasteiger charge is -2.07. The number of benzene rings is 1. The standard InChI is InChI=1S/C15H20N2O4/c1-2-11-7-9-12(10-8-11)16-15(21)17-13(18)5-3-4-6-14(19)20/h7-10H,2-6H2,1H3,(H,19,20)(H2,16,17,18,21). The number of aliphatic carboxylic acids is 1. The number of carboxylic acid groups (broad SMARTS) is 1. The summed E-state index contributed by atoms with van der Waals surface area (Å²) < 4.78 is 0. The molecule has 1 aromatic carbocycles. The average molecular weight is 292 g/mol. The summed E-state index contributed by atoms with van der Waals surface area (Å²) in [6.07, 6.45) is 1.94. The van der Waals surface area contributed by atoms with E-state index in [1.54, 1.807) is 12.1 Å². The Morgan fingerprint density at radius 3 is 2.24 bits per heavy atom. The van der Waals surface area contributed by atoms with Gasteiger partial charge in [0.2, 0.25) is 5.91 Å². The molecule has 0 spiro atoms. The van der Waals surface area contributed by atoms with Gasteiger partial charge in [0.1, 0.15) is 0 Å². The van der Waals surface area contributed by atoms with Gasteiger partial charge in [0.25, 0.3) is 0 Å². The fraction of sp³-hybridized carbons (Fsp3) is 0.400. The van der Waals surface area contributed by atoms with Crippen LogP contribution in [0.15, 0.2) is 24.3 Å². The van der Waals surface area contributed by atoms with Gasteiger partial charge in [0.15, 0.2) is 0 Å². The Morgan fingerprint density at radius 2 is 1.67 bits per heavy atom. The third-order valence-electron chi connectivity index (χ3n) is 2.92. The van der Waals surface area contributed by atoms with Crippen LogP contribution in [-0.2, 0) is 16.0 Å². The smallest absolute Gasteiger partial charge is 0.325 e. The first-order chi connectivity index (χ1) is 10.0. The number of imide groups is 1. The molecule has 0 saturated carbocycles. The van der Waals surface area contributed by atoms with Crippen LogP contribution in [0.25, 0.3) is 0 Å². The van der Waals surface area contributed by atoms with E-state index in [1.807, 2.05) is 19.1 Å². The number of hydrogen-bond acceptors (Lipinski definition) is 3. The molecule has 0 saturated heterocycles. The molecule has 1 rings (SSSR count). The molecule has 0 fully saturated rings. The van der Waals surface area contributed by atoms with Gasteiger partial charge in [0, 0.05) is 18.5 Å². The Kier molecular flexibility index (Phi) is 6.94. The maximum Gasteiger partial charge on any atom is 0.325 e. The molecular weight excluding hydrogens is 272 g/mol. The van der Waals surface area contributed by atoms with Gasteiger partial charge in [-0.1, -0.05) is 19.1 Å². The van der Waals surface area contributed by atoms with Crippen LogP contribution in [0, 0.1) is 0 Å². The number of anilines is 1. The first-order valence-corrected chi connectivity index (χ1v) is 6.93. The SMILES string of the molecule is CCc1ccc(NC(=O)NC(=O)CCCCC(=O)O)cc1. The Hall–Kier alpha value is -2.37. The van der Waals surface area contributed by atoms with Gasteiger partial charge >= 0.3 is 12.0 Å². The molecule has 0 aliphatic heterocycles. The van der Waals surface area contributed by atoms with Gasteiger partial charge in [-0.3, -0.25) is 14.9 Å². The summed E-state index contributed by atoms with van der Waals surface area (Å²) in [5, 5.41) is 13.2. The molecule has 0 heterocycles. The van der Waals surface area contributed by atoms with Gasteiger partial charge in [-0.2, -0.15) is 0 Å². The quantitative estimate of drug-likeness (QED) is 0.673. The molecule has 0 aliphatic rings. The largest absolute Gasteiger partial charge is 0.481 e. The van der Waals surface area contributed by atoms with E-state index >= 15 is 0 Å². The van der Waals surface area contributed by atoms with Crippen molar-refractivity contribution in [2.24, 2.45) is 0 Å². The highest BCUT2D eigenvalue weighted by Crippen LogP contribution is 2.09. The lowest BCUT2D eigenvalue weighted by atomic mass is 10.1. The van der Waals surface area contributed by atoms with Crippen molar-refractivity contribution < 1.29 is 19.5 Å². The summed E-state index contributed by atoms with van der Waals surface area (Å²) in [5.41, 5.74) is 1.78. The van der Waals surface area contributed by atoms with E-state index in [9.17, 15) is 14.4 Å². The molecule has 0 aliphatic carbocycles. The van der Waals surface area contributed by atoms with E-state index in [4.69, 9.17) is 5.11 Å². The topological polar surface area (TPSA) is 95.5 Å². The number of urea groups is 1. The van der Waals surface area contributed by atoms with Gasteiger partial charge in [-0.05, 0) is 37.0 Å². The highest BCUT2D eigenvalue weighted by Gasteiger charge is 2.08. The lowest BCUT2D eigenvalue weighted by molar-refractivity contribution is -0.137. The number of carboxylic acids is 1. The first kappa shape index (κ1) is 16.7.